The van der Waals surface area contributed by atoms with Crippen LogP contribution in [-0.2, 0) is 21.4 Å². The van der Waals surface area contributed by atoms with E-state index >= 15 is 0 Å². The van der Waals surface area contributed by atoms with Crippen LogP contribution >= 0.6 is 0 Å². The summed E-state index contributed by atoms with van der Waals surface area (Å²) < 4.78 is 5.13. The molecule has 1 aromatic carbocycles. The molecule has 0 heterocycles. The molecule has 0 amide bonds. The van der Waals surface area contributed by atoms with Crippen LogP contribution in [0, 0.1) is 5.92 Å². The lowest BCUT2D eigenvalue weighted by molar-refractivity contribution is -0.145. The van der Waals surface area contributed by atoms with Crippen molar-refractivity contribution in [3.63, 3.8) is 0 Å². The molecular formula is C14H16O2. The van der Waals surface area contributed by atoms with E-state index in [0.29, 0.717) is 6.61 Å². The fourth-order valence-corrected chi connectivity index (χ4v) is 3.15. The first-order valence-electron chi connectivity index (χ1n) is 6.03. The second-order valence-electron chi connectivity index (χ2n) is 4.82. The Morgan fingerprint density at radius 2 is 2.31 bits per heavy atom. The van der Waals surface area contributed by atoms with E-state index in [-0.39, 0.29) is 17.3 Å². The van der Waals surface area contributed by atoms with Crippen molar-refractivity contribution in [2.75, 3.05) is 6.61 Å². The van der Waals surface area contributed by atoms with Gasteiger partial charge in [0.25, 0.3) is 0 Å². The Kier molecular flexibility index (Phi) is 2.06. The number of fused-ring (bicyclic) bond motifs is 2. The van der Waals surface area contributed by atoms with Gasteiger partial charge in [0.15, 0.2) is 0 Å². The number of hydrogen-bond donors (Lipinski definition) is 0. The average molecular weight is 216 g/mol. The maximum absolute atomic E-state index is 11.8. The van der Waals surface area contributed by atoms with Crippen LogP contribution in [0.1, 0.15) is 30.9 Å². The van der Waals surface area contributed by atoms with Gasteiger partial charge >= 0.3 is 5.97 Å². The Bertz CT molecular complexity index is 438. The van der Waals surface area contributed by atoms with E-state index in [0.717, 1.165) is 19.3 Å². The number of ether oxygens (including phenoxy) is 1. The molecule has 84 valence electrons. The predicted octanol–water partition coefficient (Wildman–Crippen LogP) is 2.45. The zero-order valence-electron chi connectivity index (χ0n) is 9.53. The molecule has 0 unspecified atom stereocenters. The summed E-state index contributed by atoms with van der Waals surface area (Å²) in [4.78, 5) is 11.8. The number of carbonyl (C=O) groups excluding carboxylic acids is 1. The highest BCUT2D eigenvalue weighted by Gasteiger charge is 2.62. The van der Waals surface area contributed by atoms with Gasteiger partial charge in [0, 0.05) is 5.41 Å². The van der Waals surface area contributed by atoms with E-state index < -0.39 is 0 Å². The highest BCUT2D eigenvalue weighted by Crippen LogP contribution is 2.61. The largest absolute Gasteiger partial charge is 0.466 e. The highest BCUT2D eigenvalue weighted by atomic mass is 16.5. The first kappa shape index (κ1) is 9.88. The molecule has 16 heavy (non-hydrogen) atoms. The van der Waals surface area contributed by atoms with Gasteiger partial charge in [-0.1, -0.05) is 24.3 Å². The molecule has 2 aliphatic rings. The number of carbonyl (C=O) groups is 1. The Labute approximate surface area is 95.6 Å². The highest BCUT2D eigenvalue weighted by molar-refractivity contribution is 5.80. The van der Waals surface area contributed by atoms with Crippen LogP contribution in [0.25, 0.3) is 0 Å². The molecule has 1 spiro atoms. The second kappa shape index (κ2) is 3.34. The summed E-state index contributed by atoms with van der Waals surface area (Å²) in [6.45, 7) is 2.36. The molecule has 0 saturated heterocycles. The molecule has 2 heteroatoms. The van der Waals surface area contributed by atoms with Crippen molar-refractivity contribution in [2.45, 2.75) is 31.6 Å². The fraction of sp³-hybridized carbons (Fsp3) is 0.500. The molecule has 2 aliphatic carbocycles. The van der Waals surface area contributed by atoms with Gasteiger partial charge in [-0.3, -0.25) is 4.79 Å². The van der Waals surface area contributed by atoms with Crippen molar-refractivity contribution in [1.82, 2.24) is 0 Å². The monoisotopic (exact) mass is 216 g/mol. The Balaban J connectivity index is 1.87. The lowest BCUT2D eigenvalue weighted by Crippen LogP contribution is -2.15. The van der Waals surface area contributed by atoms with Crippen LogP contribution in [-0.4, -0.2) is 12.6 Å². The molecule has 0 aliphatic heterocycles. The molecule has 1 fully saturated rings. The van der Waals surface area contributed by atoms with Crippen LogP contribution < -0.4 is 0 Å². The lowest BCUT2D eigenvalue weighted by atomic mass is 9.95. The van der Waals surface area contributed by atoms with Crippen LogP contribution in [0.5, 0.6) is 0 Å². The Morgan fingerprint density at radius 1 is 1.50 bits per heavy atom. The van der Waals surface area contributed by atoms with E-state index in [1.807, 2.05) is 6.92 Å². The zero-order valence-corrected chi connectivity index (χ0v) is 9.53. The van der Waals surface area contributed by atoms with Gasteiger partial charge in [0.1, 0.15) is 0 Å². The smallest absolute Gasteiger partial charge is 0.309 e. The van der Waals surface area contributed by atoms with Crippen molar-refractivity contribution in [2.24, 2.45) is 5.92 Å². The van der Waals surface area contributed by atoms with Gasteiger partial charge in [-0.2, -0.15) is 0 Å². The molecule has 1 aromatic rings. The summed E-state index contributed by atoms with van der Waals surface area (Å²) in [7, 11) is 0. The van der Waals surface area contributed by atoms with Crippen molar-refractivity contribution >= 4 is 5.97 Å². The summed E-state index contributed by atoms with van der Waals surface area (Å²) >= 11 is 0. The molecule has 0 N–H and O–H groups in total. The van der Waals surface area contributed by atoms with Crippen molar-refractivity contribution in [3.8, 4) is 0 Å². The van der Waals surface area contributed by atoms with Crippen molar-refractivity contribution < 1.29 is 9.53 Å². The van der Waals surface area contributed by atoms with Gasteiger partial charge in [0.05, 0.1) is 12.5 Å². The molecule has 2 atom stereocenters. The minimum absolute atomic E-state index is 0.000738. The van der Waals surface area contributed by atoms with Crippen LogP contribution in [0.2, 0.25) is 0 Å². The van der Waals surface area contributed by atoms with E-state index in [2.05, 4.69) is 24.3 Å². The molecule has 0 radical (unpaired) electrons. The minimum atomic E-state index is -0.000738. The van der Waals surface area contributed by atoms with Gasteiger partial charge in [-0.05, 0) is 37.3 Å². The SMILES string of the molecule is CCOC(=O)[C@@H]1C[C@]12CCc1ccccc12. The first-order chi connectivity index (χ1) is 7.78. The maximum atomic E-state index is 11.8. The summed E-state index contributed by atoms with van der Waals surface area (Å²) in [5.74, 6) is 0.121. The lowest BCUT2D eigenvalue weighted by Gasteiger charge is -2.10. The van der Waals surface area contributed by atoms with E-state index in [1.54, 1.807) is 0 Å². The quantitative estimate of drug-likeness (QED) is 0.710. The van der Waals surface area contributed by atoms with Crippen molar-refractivity contribution in [1.29, 1.82) is 0 Å². The third-order valence-electron chi connectivity index (χ3n) is 4.04. The second-order valence-corrected chi connectivity index (χ2v) is 4.82. The summed E-state index contributed by atoms with van der Waals surface area (Å²) in [6, 6.07) is 8.53. The molecule has 3 rings (SSSR count). The third kappa shape index (κ3) is 1.22. The number of hydrogen-bond acceptors (Lipinski definition) is 2. The van der Waals surface area contributed by atoms with Crippen LogP contribution in [0.4, 0.5) is 0 Å². The summed E-state index contributed by atoms with van der Waals surface area (Å²) in [6.07, 6.45) is 3.23. The third-order valence-corrected chi connectivity index (χ3v) is 4.04. The van der Waals surface area contributed by atoms with Gasteiger partial charge < -0.3 is 4.74 Å². The van der Waals surface area contributed by atoms with Crippen LogP contribution in [0.15, 0.2) is 24.3 Å². The van der Waals surface area contributed by atoms with E-state index in [1.165, 1.54) is 11.1 Å². The van der Waals surface area contributed by atoms with Gasteiger partial charge in [0.2, 0.25) is 0 Å². The number of esters is 1. The van der Waals surface area contributed by atoms with Gasteiger partial charge in [-0.25, -0.2) is 0 Å². The normalized spacial score (nSPS) is 30.2. The zero-order chi connectivity index (χ0) is 11.2. The standard InChI is InChI=1S/C14H16O2/c1-2-16-13(15)12-9-14(12)8-7-10-5-3-4-6-11(10)14/h3-6,12H,2,7-9H2,1H3/t12-,14-/m0/s1. The van der Waals surface area contributed by atoms with E-state index in [4.69, 9.17) is 4.74 Å². The average Bonchev–Trinajstić information content (AvgIpc) is 2.91. The minimum Gasteiger partial charge on any atom is -0.466 e. The number of benzene rings is 1. The summed E-state index contributed by atoms with van der Waals surface area (Å²) in [5, 5.41) is 0. The fourth-order valence-electron chi connectivity index (χ4n) is 3.15. The van der Waals surface area contributed by atoms with Crippen molar-refractivity contribution in [3.05, 3.63) is 35.4 Å². The Morgan fingerprint density at radius 3 is 3.12 bits per heavy atom. The van der Waals surface area contributed by atoms with Crippen LogP contribution in [0.3, 0.4) is 0 Å². The molecule has 0 aromatic heterocycles. The topological polar surface area (TPSA) is 26.3 Å². The maximum Gasteiger partial charge on any atom is 0.309 e. The predicted molar refractivity (Wildman–Crippen MR) is 61.2 cm³/mol. The molecule has 1 saturated carbocycles. The first-order valence-corrected chi connectivity index (χ1v) is 6.03. The molecule has 0 bridgehead atoms. The van der Waals surface area contributed by atoms with Gasteiger partial charge in [-0.15, -0.1) is 0 Å². The number of rotatable bonds is 2. The molecule has 2 nitrogen and oxygen atoms in total. The molecular weight excluding hydrogens is 200 g/mol. The number of aryl methyl sites for hydroxylation is 1. The Hall–Kier alpha value is -1.31. The summed E-state index contributed by atoms with van der Waals surface area (Å²) in [5.41, 5.74) is 2.96. The van der Waals surface area contributed by atoms with E-state index in [9.17, 15) is 4.79 Å².